The average Bonchev–Trinajstić information content (AvgIpc) is 2.13. The average molecular weight is 365 g/mol. The zero-order chi connectivity index (χ0) is 12.5. The molecule has 0 saturated heterocycles. The molecule has 1 atom stereocenters. The molecule has 92 valence electrons. The third-order valence-corrected chi connectivity index (χ3v) is 3.77. The molecule has 1 unspecified atom stereocenters. The maximum atomic E-state index is 12.1. The number of halogens is 4. The summed E-state index contributed by atoms with van der Waals surface area (Å²) in [5, 5.41) is 3.07. The van der Waals surface area contributed by atoms with Crippen molar-refractivity contribution in [1.29, 1.82) is 0 Å². The molecule has 0 amide bonds. The summed E-state index contributed by atoms with van der Waals surface area (Å²) in [6.07, 6.45) is -4.48. The summed E-state index contributed by atoms with van der Waals surface area (Å²) < 4.78 is 38.3. The molecule has 0 bridgehead atoms. The molecule has 1 heterocycles. The number of thiol groups is 1. The molecule has 1 N–H and O–H groups in total. The summed E-state index contributed by atoms with van der Waals surface area (Å²) in [6, 6.07) is 0. The normalized spacial score (nSPS) is 25.1. The van der Waals surface area contributed by atoms with E-state index < -0.39 is 12.7 Å². The first-order valence-corrected chi connectivity index (χ1v) is 5.93. The Labute approximate surface area is 111 Å². The molecule has 16 heavy (non-hydrogen) atoms. The Hall–Kier alpha value is -0.120. The maximum Gasteiger partial charge on any atom is 0.408 e. The minimum atomic E-state index is -4.29. The molecule has 8 heteroatoms. The molecule has 3 nitrogen and oxygen atoms in total. The molecule has 1 rings (SSSR count). The number of aliphatic imine (C=N–C) groups is 1. The largest absolute Gasteiger partial charge is 0.408 e. The van der Waals surface area contributed by atoms with Crippen LogP contribution in [0.1, 0.15) is 13.8 Å². The first kappa shape index (κ1) is 13.9. The molecular weight excluding hydrogens is 354 g/mol. The monoisotopic (exact) mass is 365 g/mol. The number of nitrogens with one attached hydrogen (secondary N) is 1. The Morgan fingerprint density at radius 1 is 1.56 bits per heavy atom. The molecule has 0 aromatic carbocycles. The van der Waals surface area contributed by atoms with Gasteiger partial charge in [0.2, 0.25) is 0 Å². The highest BCUT2D eigenvalue weighted by Crippen LogP contribution is 2.25. The van der Waals surface area contributed by atoms with Gasteiger partial charge in [0.25, 0.3) is 0 Å². The highest BCUT2D eigenvalue weighted by Gasteiger charge is 2.30. The number of hydrogen-bond donors (Lipinski definition) is 2. The van der Waals surface area contributed by atoms with E-state index >= 15 is 0 Å². The van der Waals surface area contributed by atoms with Crippen LogP contribution in [0.15, 0.2) is 14.3 Å². The van der Waals surface area contributed by atoms with Crippen LogP contribution in [0.3, 0.4) is 0 Å². The second-order valence-corrected chi connectivity index (χ2v) is 4.87. The van der Waals surface area contributed by atoms with Crippen molar-refractivity contribution >= 4 is 41.2 Å². The predicted octanol–water partition coefficient (Wildman–Crippen LogP) is 2.71. The van der Waals surface area contributed by atoms with Crippen LogP contribution in [0.2, 0.25) is 0 Å². The molecule has 0 aromatic rings. The summed E-state index contributed by atoms with van der Waals surface area (Å²) >= 11 is 6.06. The molecular formula is C8H11F3IN3S. The summed E-state index contributed by atoms with van der Waals surface area (Å²) in [6.45, 7) is 2.40. The smallest absolute Gasteiger partial charge is 0.367 e. The van der Waals surface area contributed by atoms with Gasteiger partial charge in [-0.2, -0.15) is 13.2 Å². The highest BCUT2D eigenvalue weighted by molar-refractivity contribution is 14.1. The summed E-state index contributed by atoms with van der Waals surface area (Å²) in [4.78, 5) is 3.55. The van der Waals surface area contributed by atoms with Crippen LogP contribution >= 0.6 is 35.4 Å². The van der Waals surface area contributed by atoms with E-state index in [9.17, 15) is 13.2 Å². The van der Waals surface area contributed by atoms with Gasteiger partial charge in [-0.1, -0.05) is 12.8 Å². The topological polar surface area (TPSA) is 27.6 Å². The van der Waals surface area contributed by atoms with E-state index in [1.165, 1.54) is 4.31 Å². The quantitative estimate of drug-likeness (QED) is 0.553. The van der Waals surface area contributed by atoms with E-state index in [1.54, 1.807) is 13.8 Å². The second kappa shape index (κ2) is 5.03. The van der Waals surface area contributed by atoms with Crippen LogP contribution in [0.4, 0.5) is 13.2 Å². The van der Waals surface area contributed by atoms with Crippen LogP contribution < -0.4 is 5.32 Å². The first-order chi connectivity index (χ1) is 7.22. The van der Waals surface area contributed by atoms with Gasteiger partial charge < -0.3 is 5.32 Å². The summed E-state index contributed by atoms with van der Waals surface area (Å²) in [5.41, 5.74) is 0.805. The van der Waals surface area contributed by atoms with E-state index in [0.717, 1.165) is 5.70 Å². The number of allylic oxidation sites excluding steroid dienone is 1. The van der Waals surface area contributed by atoms with Gasteiger partial charge in [0.15, 0.2) is 5.84 Å². The van der Waals surface area contributed by atoms with Crippen molar-refractivity contribution in [3.63, 3.8) is 0 Å². The molecule has 1 aliphatic heterocycles. The number of alkyl halides is 3. The zero-order valence-electron chi connectivity index (χ0n) is 8.64. The fraction of sp³-hybridized carbons (Fsp3) is 0.625. The van der Waals surface area contributed by atoms with Crippen molar-refractivity contribution in [3.8, 4) is 0 Å². The van der Waals surface area contributed by atoms with Crippen LogP contribution in [0.25, 0.3) is 0 Å². The molecule has 0 aromatic heterocycles. The van der Waals surface area contributed by atoms with Crippen molar-refractivity contribution in [2.45, 2.75) is 26.2 Å². The van der Waals surface area contributed by atoms with Crippen molar-refractivity contribution in [2.24, 2.45) is 4.99 Å². The molecule has 0 saturated carbocycles. The SMILES string of the molecule is CC1=C(I)C(=NCC(F)(F)F)N(S)C(C)N1. The fourth-order valence-electron chi connectivity index (χ4n) is 1.20. The zero-order valence-corrected chi connectivity index (χ0v) is 11.7. The molecule has 0 radical (unpaired) electrons. The van der Waals surface area contributed by atoms with Gasteiger partial charge in [-0.15, -0.1) is 0 Å². The lowest BCUT2D eigenvalue weighted by atomic mass is 10.3. The van der Waals surface area contributed by atoms with Gasteiger partial charge in [-0.25, -0.2) is 0 Å². The Balaban J connectivity index is 2.96. The van der Waals surface area contributed by atoms with E-state index in [1.807, 2.05) is 22.6 Å². The molecule has 0 fully saturated rings. The fourth-order valence-corrected chi connectivity index (χ4v) is 2.19. The minimum Gasteiger partial charge on any atom is -0.367 e. The number of hydrogen-bond acceptors (Lipinski definition) is 3. The third-order valence-electron chi connectivity index (χ3n) is 1.94. The second-order valence-electron chi connectivity index (χ2n) is 3.36. The minimum absolute atomic E-state index is 0.186. The van der Waals surface area contributed by atoms with Crippen LogP contribution in [0.5, 0.6) is 0 Å². The summed E-state index contributed by atoms with van der Waals surface area (Å²) in [5.74, 6) is 0.255. The lowest BCUT2D eigenvalue weighted by Gasteiger charge is -2.33. The van der Waals surface area contributed by atoms with E-state index in [-0.39, 0.29) is 12.0 Å². The molecule has 0 aliphatic carbocycles. The Morgan fingerprint density at radius 3 is 2.62 bits per heavy atom. The number of rotatable bonds is 1. The van der Waals surface area contributed by atoms with E-state index in [2.05, 4.69) is 23.1 Å². The molecule has 0 spiro atoms. The van der Waals surface area contributed by atoms with E-state index in [0.29, 0.717) is 3.58 Å². The first-order valence-electron chi connectivity index (χ1n) is 4.45. The third kappa shape index (κ3) is 3.44. The molecule has 1 aliphatic rings. The standard InChI is InChI=1S/C8H11F3IN3S/c1-4-6(12)7(13-3-8(9,10)11)15(16)5(2)14-4/h5,14,16H,3H2,1-2H3. The summed E-state index contributed by atoms with van der Waals surface area (Å²) in [7, 11) is 0. The van der Waals surface area contributed by atoms with Crippen molar-refractivity contribution in [1.82, 2.24) is 9.62 Å². The highest BCUT2D eigenvalue weighted by atomic mass is 127. The van der Waals surface area contributed by atoms with Gasteiger partial charge in [0.05, 0.1) is 3.58 Å². The number of nitrogens with zero attached hydrogens (tertiary/aromatic N) is 2. The lowest BCUT2D eigenvalue weighted by molar-refractivity contribution is -0.118. The lowest BCUT2D eigenvalue weighted by Crippen LogP contribution is -2.46. The van der Waals surface area contributed by atoms with E-state index in [4.69, 9.17) is 0 Å². The van der Waals surface area contributed by atoms with Crippen LogP contribution in [0, 0.1) is 0 Å². The predicted molar refractivity (Wildman–Crippen MR) is 68.5 cm³/mol. The van der Waals surface area contributed by atoms with Gasteiger partial charge >= 0.3 is 6.18 Å². The Bertz CT molecular complexity index is 340. The Morgan fingerprint density at radius 2 is 2.12 bits per heavy atom. The van der Waals surface area contributed by atoms with Crippen LogP contribution in [-0.2, 0) is 0 Å². The van der Waals surface area contributed by atoms with Gasteiger partial charge in [-0.05, 0) is 36.4 Å². The van der Waals surface area contributed by atoms with Crippen molar-refractivity contribution in [3.05, 3.63) is 9.28 Å². The maximum absolute atomic E-state index is 12.1. The van der Waals surface area contributed by atoms with Crippen LogP contribution in [-0.4, -0.2) is 29.0 Å². The van der Waals surface area contributed by atoms with Gasteiger partial charge in [0, 0.05) is 5.70 Å². The Kier molecular flexibility index (Phi) is 4.38. The van der Waals surface area contributed by atoms with Gasteiger partial charge in [-0.3, -0.25) is 9.30 Å². The van der Waals surface area contributed by atoms with Crippen molar-refractivity contribution in [2.75, 3.05) is 6.54 Å². The number of amidine groups is 1. The van der Waals surface area contributed by atoms with Crippen molar-refractivity contribution < 1.29 is 13.2 Å². The van der Waals surface area contributed by atoms with Gasteiger partial charge in [0.1, 0.15) is 12.7 Å².